The first-order chi connectivity index (χ1) is 11.9. The van der Waals surface area contributed by atoms with E-state index in [-0.39, 0.29) is 18.4 Å². The quantitative estimate of drug-likeness (QED) is 0.876. The molecule has 130 valence electrons. The Morgan fingerprint density at radius 2 is 2.00 bits per heavy atom. The number of amides is 2. The van der Waals surface area contributed by atoms with Crippen molar-refractivity contribution in [1.29, 1.82) is 0 Å². The minimum atomic E-state index is -0.321. The molecule has 0 fully saturated rings. The Kier molecular flexibility index (Phi) is 5.16. The van der Waals surface area contributed by atoms with Crippen LogP contribution in [0.3, 0.4) is 0 Å². The summed E-state index contributed by atoms with van der Waals surface area (Å²) in [6, 6.07) is 10.3. The Bertz CT molecular complexity index is 839. The number of fused-ring (bicyclic) bond motifs is 1. The number of ether oxygens (including phenoxy) is 1. The molecule has 0 unspecified atom stereocenters. The number of hydrogen-bond donors (Lipinski definition) is 1. The van der Waals surface area contributed by atoms with Gasteiger partial charge in [-0.2, -0.15) is 0 Å². The van der Waals surface area contributed by atoms with Crippen LogP contribution < -0.4 is 15.0 Å². The van der Waals surface area contributed by atoms with E-state index in [9.17, 15) is 9.59 Å². The highest BCUT2D eigenvalue weighted by Crippen LogP contribution is 2.31. The van der Waals surface area contributed by atoms with Crippen LogP contribution in [0.4, 0.5) is 11.4 Å². The highest BCUT2D eigenvalue weighted by molar-refractivity contribution is 6.35. The van der Waals surface area contributed by atoms with E-state index in [0.717, 1.165) is 17.7 Å². The lowest BCUT2D eigenvalue weighted by Crippen LogP contribution is -2.26. The molecule has 2 aromatic carbocycles. The lowest BCUT2D eigenvalue weighted by atomic mass is 10.1. The Labute approximate surface area is 155 Å². The van der Waals surface area contributed by atoms with Gasteiger partial charge in [-0.05, 0) is 42.3 Å². The number of carbonyl (C=O) groups excluding carboxylic acids is 2. The minimum absolute atomic E-state index is 0.0112. The number of carbonyl (C=O) groups is 2. The van der Waals surface area contributed by atoms with Crippen molar-refractivity contribution in [3.63, 3.8) is 0 Å². The molecular weight excluding hydrogens is 363 g/mol. The predicted molar refractivity (Wildman–Crippen MR) is 98.8 cm³/mol. The topological polar surface area (TPSA) is 58.6 Å². The second kappa shape index (κ2) is 7.33. The fourth-order valence-corrected chi connectivity index (χ4v) is 3.18. The second-order valence-electron chi connectivity index (χ2n) is 5.68. The average Bonchev–Trinajstić information content (AvgIpc) is 2.97. The second-order valence-corrected chi connectivity index (χ2v) is 6.52. The van der Waals surface area contributed by atoms with Gasteiger partial charge in [0, 0.05) is 29.9 Å². The summed E-state index contributed by atoms with van der Waals surface area (Å²) in [5, 5.41) is 3.60. The normalized spacial score (nSPS) is 12.7. The zero-order valence-electron chi connectivity index (χ0n) is 13.5. The van der Waals surface area contributed by atoms with E-state index in [0.29, 0.717) is 28.0 Å². The Morgan fingerprint density at radius 1 is 1.20 bits per heavy atom. The maximum Gasteiger partial charge on any atom is 0.262 e. The van der Waals surface area contributed by atoms with Crippen molar-refractivity contribution in [2.24, 2.45) is 0 Å². The number of hydrogen-bond acceptors (Lipinski definition) is 3. The molecule has 25 heavy (non-hydrogen) atoms. The van der Waals surface area contributed by atoms with Gasteiger partial charge in [-0.3, -0.25) is 9.59 Å². The molecule has 0 aliphatic carbocycles. The zero-order chi connectivity index (χ0) is 18.0. The lowest BCUT2D eigenvalue weighted by molar-refractivity contribution is -0.118. The molecule has 3 rings (SSSR count). The average molecular weight is 379 g/mol. The molecule has 0 radical (unpaired) electrons. The van der Waals surface area contributed by atoms with Crippen molar-refractivity contribution < 1.29 is 14.3 Å². The Morgan fingerprint density at radius 3 is 2.72 bits per heavy atom. The Balaban J connectivity index is 1.64. The van der Waals surface area contributed by atoms with Crippen molar-refractivity contribution in [1.82, 2.24) is 0 Å². The van der Waals surface area contributed by atoms with Crippen molar-refractivity contribution in [3.8, 4) is 5.75 Å². The third-order valence-corrected chi connectivity index (χ3v) is 4.43. The molecule has 7 heteroatoms. The maximum atomic E-state index is 12.1. The van der Waals surface area contributed by atoms with E-state index in [4.69, 9.17) is 27.9 Å². The van der Waals surface area contributed by atoms with Gasteiger partial charge in [0.05, 0.1) is 5.02 Å². The number of nitrogens with zero attached hydrogens (tertiary/aromatic N) is 1. The monoisotopic (exact) mass is 378 g/mol. The largest absolute Gasteiger partial charge is 0.482 e. The van der Waals surface area contributed by atoms with Gasteiger partial charge in [0.1, 0.15) is 5.75 Å². The minimum Gasteiger partial charge on any atom is -0.482 e. The van der Waals surface area contributed by atoms with E-state index < -0.39 is 0 Å². The van der Waals surface area contributed by atoms with E-state index in [1.54, 1.807) is 29.2 Å². The number of rotatable bonds is 4. The highest BCUT2D eigenvalue weighted by Gasteiger charge is 2.22. The van der Waals surface area contributed by atoms with Crippen LogP contribution in [0.1, 0.15) is 12.5 Å². The van der Waals surface area contributed by atoms with Crippen LogP contribution in [0.15, 0.2) is 36.4 Å². The summed E-state index contributed by atoms with van der Waals surface area (Å²) >= 11 is 11.8. The van der Waals surface area contributed by atoms with Crippen LogP contribution in [-0.2, 0) is 16.0 Å². The first kappa shape index (κ1) is 17.6. The van der Waals surface area contributed by atoms with Crippen LogP contribution in [0.5, 0.6) is 5.75 Å². The predicted octanol–water partition coefficient (Wildman–Crippen LogP) is 3.92. The molecular formula is C18H16Cl2N2O3. The number of benzene rings is 2. The number of halogens is 2. The van der Waals surface area contributed by atoms with E-state index >= 15 is 0 Å². The van der Waals surface area contributed by atoms with Gasteiger partial charge in [-0.25, -0.2) is 0 Å². The molecule has 1 aliphatic rings. The SMILES string of the molecule is CC(=O)N1CCc2ccc(NC(=O)COc3ccc(Cl)cc3Cl)cc21. The molecule has 1 N–H and O–H groups in total. The van der Waals surface area contributed by atoms with Gasteiger partial charge in [-0.15, -0.1) is 0 Å². The van der Waals surface area contributed by atoms with E-state index in [2.05, 4.69) is 5.32 Å². The molecule has 0 atom stereocenters. The van der Waals surface area contributed by atoms with Gasteiger partial charge < -0.3 is 15.0 Å². The van der Waals surface area contributed by atoms with Crippen molar-refractivity contribution in [2.45, 2.75) is 13.3 Å². The van der Waals surface area contributed by atoms with Gasteiger partial charge in [0.2, 0.25) is 5.91 Å². The van der Waals surface area contributed by atoms with Crippen molar-refractivity contribution >= 4 is 46.4 Å². The fourth-order valence-electron chi connectivity index (χ4n) is 2.72. The van der Waals surface area contributed by atoms with E-state index in [1.807, 2.05) is 12.1 Å². The van der Waals surface area contributed by atoms with Crippen LogP contribution in [0.25, 0.3) is 0 Å². The van der Waals surface area contributed by atoms with Crippen molar-refractivity contribution in [3.05, 3.63) is 52.0 Å². The standard InChI is InChI=1S/C18H16Cl2N2O3/c1-11(23)22-7-6-12-2-4-14(9-16(12)22)21-18(24)10-25-17-5-3-13(19)8-15(17)20/h2-5,8-9H,6-7,10H2,1H3,(H,21,24). The first-order valence-corrected chi connectivity index (χ1v) is 8.48. The molecule has 1 aliphatic heterocycles. The fraction of sp³-hybridized carbons (Fsp3) is 0.222. The summed E-state index contributed by atoms with van der Waals surface area (Å²) in [5.74, 6) is 0.0548. The summed E-state index contributed by atoms with van der Waals surface area (Å²) in [6.45, 7) is 2.01. The van der Waals surface area contributed by atoms with Crippen molar-refractivity contribution in [2.75, 3.05) is 23.4 Å². The molecule has 2 aromatic rings. The highest BCUT2D eigenvalue weighted by atomic mass is 35.5. The lowest BCUT2D eigenvalue weighted by Gasteiger charge is -2.16. The molecule has 0 saturated carbocycles. The third-order valence-electron chi connectivity index (χ3n) is 3.90. The zero-order valence-corrected chi connectivity index (χ0v) is 15.0. The molecule has 0 aromatic heterocycles. The molecule has 0 saturated heterocycles. The number of anilines is 2. The molecule has 1 heterocycles. The van der Waals surface area contributed by atoms with Gasteiger partial charge in [-0.1, -0.05) is 29.3 Å². The Hall–Kier alpha value is -2.24. The third kappa shape index (κ3) is 4.06. The molecule has 0 spiro atoms. The summed E-state index contributed by atoms with van der Waals surface area (Å²) in [6.07, 6.45) is 0.821. The van der Waals surface area contributed by atoms with Gasteiger partial charge in [0.25, 0.3) is 5.91 Å². The maximum absolute atomic E-state index is 12.1. The van der Waals surface area contributed by atoms with Gasteiger partial charge in [0.15, 0.2) is 6.61 Å². The van der Waals surface area contributed by atoms with Crippen LogP contribution in [0, 0.1) is 0 Å². The molecule has 2 amide bonds. The van der Waals surface area contributed by atoms with Crippen LogP contribution in [-0.4, -0.2) is 25.0 Å². The number of nitrogens with one attached hydrogen (secondary N) is 1. The van der Waals surface area contributed by atoms with Crippen LogP contribution in [0.2, 0.25) is 10.0 Å². The summed E-state index contributed by atoms with van der Waals surface area (Å²) < 4.78 is 5.41. The first-order valence-electron chi connectivity index (χ1n) is 7.73. The summed E-state index contributed by atoms with van der Waals surface area (Å²) in [7, 11) is 0. The summed E-state index contributed by atoms with van der Waals surface area (Å²) in [5.41, 5.74) is 2.55. The smallest absolute Gasteiger partial charge is 0.262 e. The van der Waals surface area contributed by atoms with Gasteiger partial charge >= 0.3 is 0 Å². The molecule has 5 nitrogen and oxygen atoms in total. The molecule has 0 bridgehead atoms. The van der Waals surface area contributed by atoms with E-state index in [1.165, 1.54) is 6.92 Å². The van der Waals surface area contributed by atoms with Crippen LogP contribution >= 0.6 is 23.2 Å². The summed E-state index contributed by atoms with van der Waals surface area (Å²) in [4.78, 5) is 25.5.